The van der Waals surface area contributed by atoms with Crippen molar-refractivity contribution in [1.82, 2.24) is 9.21 Å². The summed E-state index contributed by atoms with van der Waals surface area (Å²) in [5.41, 5.74) is 1.33. The molecule has 1 unspecified atom stereocenters. The zero-order valence-electron chi connectivity index (χ0n) is 17.8. The third-order valence-corrected chi connectivity index (χ3v) is 7.49. The van der Waals surface area contributed by atoms with Crippen LogP contribution in [0.4, 0.5) is 0 Å². The standard InChI is InChI=1S/C22H32N2O5S/c1-17(29-22(26)20-10-14-24(15-11-20)30(2,27)28)21(25)23-12-8-19(9-13-23)16-18-6-4-3-5-7-18/h3-7,17,19-20H,8-16H2,1-2H3. The summed E-state index contributed by atoms with van der Waals surface area (Å²) in [5, 5.41) is 0. The Morgan fingerprint density at radius 1 is 1.03 bits per heavy atom. The SMILES string of the molecule is CC(OC(=O)C1CCN(S(C)(=O)=O)CC1)C(=O)N1CCC(Cc2ccccc2)CC1. The number of benzene rings is 1. The zero-order valence-corrected chi connectivity index (χ0v) is 18.6. The highest BCUT2D eigenvalue weighted by Crippen LogP contribution is 2.24. The van der Waals surface area contributed by atoms with E-state index in [-0.39, 0.29) is 11.8 Å². The Morgan fingerprint density at radius 3 is 2.20 bits per heavy atom. The number of esters is 1. The first-order chi connectivity index (χ1) is 14.2. The minimum atomic E-state index is -3.23. The van der Waals surface area contributed by atoms with E-state index in [1.54, 1.807) is 11.8 Å². The van der Waals surface area contributed by atoms with E-state index in [2.05, 4.69) is 24.3 Å². The number of hydrogen-bond donors (Lipinski definition) is 0. The summed E-state index contributed by atoms with van der Waals surface area (Å²) in [6.45, 7) is 3.63. The van der Waals surface area contributed by atoms with Gasteiger partial charge in [-0.1, -0.05) is 30.3 Å². The average Bonchev–Trinajstić information content (AvgIpc) is 2.74. The molecule has 0 bridgehead atoms. The lowest BCUT2D eigenvalue weighted by Gasteiger charge is -2.34. The summed E-state index contributed by atoms with van der Waals surface area (Å²) in [7, 11) is -3.23. The van der Waals surface area contributed by atoms with Gasteiger partial charge >= 0.3 is 5.97 Å². The van der Waals surface area contributed by atoms with Crippen LogP contribution in [0.25, 0.3) is 0 Å². The Kier molecular flexibility index (Phi) is 7.52. The molecular formula is C22H32N2O5S. The number of carbonyl (C=O) groups is 2. The van der Waals surface area contributed by atoms with Crippen LogP contribution in [0.5, 0.6) is 0 Å². The molecule has 166 valence electrons. The van der Waals surface area contributed by atoms with Crippen LogP contribution in [0.15, 0.2) is 30.3 Å². The summed E-state index contributed by atoms with van der Waals surface area (Å²) in [6.07, 6.45) is 4.15. The molecular weight excluding hydrogens is 404 g/mol. The number of amides is 1. The van der Waals surface area contributed by atoms with Gasteiger partial charge in [-0.3, -0.25) is 9.59 Å². The van der Waals surface area contributed by atoms with Crippen LogP contribution >= 0.6 is 0 Å². The van der Waals surface area contributed by atoms with Gasteiger partial charge < -0.3 is 9.64 Å². The molecule has 0 N–H and O–H groups in total. The first kappa shape index (κ1) is 22.7. The predicted molar refractivity (Wildman–Crippen MR) is 114 cm³/mol. The molecule has 7 nitrogen and oxygen atoms in total. The number of sulfonamides is 1. The Hall–Kier alpha value is -1.93. The molecule has 2 aliphatic rings. The molecule has 2 aliphatic heterocycles. The van der Waals surface area contributed by atoms with Crippen molar-refractivity contribution in [2.45, 2.75) is 45.1 Å². The van der Waals surface area contributed by atoms with Gasteiger partial charge in [0.15, 0.2) is 6.10 Å². The maximum atomic E-state index is 12.7. The Bertz CT molecular complexity index is 826. The highest BCUT2D eigenvalue weighted by Gasteiger charge is 2.33. The van der Waals surface area contributed by atoms with Crippen LogP contribution < -0.4 is 0 Å². The van der Waals surface area contributed by atoms with Crippen molar-refractivity contribution in [3.8, 4) is 0 Å². The van der Waals surface area contributed by atoms with Crippen molar-refractivity contribution in [3.63, 3.8) is 0 Å². The fourth-order valence-corrected chi connectivity index (χ4v) is 5.18. The molecule has 1 aromatic rings. The molecule has 0 radical (unpaired) electrons. The van der Waals surface area contributed by atoms with E-state index in [4.69, 9.17) is 4.74 Å². The van der Waals surface area contributed by atoms with Crippen LogP contribution in [0.2, 0.25) is 0 Å². The maximum absolute atomic E-state index is 12.7. The van der Waals surface area contributed by atoms with Crippen molar-refractivity contribution in [2.24, 2.45) is 11.8 Å². The smallest absolute Gasteiger partial charge is 0.309 e. The van der Waals surface area contributed by atoms with Gasteiger partial charge in [0.25, 0.3) is 5.91 Å². The Morgan fingerprint density at radius 2 is 1.63 bits per heavy atom. The molecule has 2 saturated heterocycles. The van der Waals surface area contributed by atoms with Crippen molar-refractivity contribution < 1.29 is 22.7 Å². The van der Waals surface area contributed by atoms with Gasteiger partial charge in [0.05, 0.1) is 12.2 Å². The van der Waals surface area contributed by atoms with E-state index in [0.29, 0.717) is 44.9 Å². The number of likely N-dealkylation sites (tertiary alicyclic amines) is 1. The molecule has 0 spiro atoms. The lowest BCUT2D eigenvalue weighted by Crippen LogP contribution is -2.46. The summed E-state index contributed by atoms with van der Waals surface area (Å²) in [4.78, 5) is 27.0. The normalized spacial score (nSPS) is 20.7. The molecule has 0 aromatic heterocycles. The van der Waals surface area contributed by atoms with E-state index in [9.17, 15) is 18.0 Å². The average molecular weight is 437 g/mol. The van der Waals surface area contributed by atoms with Gasteiger partial charge in [-0.25, -0.2) is 12.7 Å². The quantitative estimate of drug-likeness (QED) is 0.638. The van der Waals surface area contributed by atoms with Gasteiger partial charge in [-0.15, -0.1) is 0 Å². The van der Waals surface area contributed by atoms with Gasteiger partial charge in [0.2, 0.25) is 10.0 Å². The Balaban J connectivity index is 1.42. The number of rotatable bonds is 6. The second-order valence-corrected chi connectivity index (χ2v) is 10.5. The molecule has 1 amide bonds. The van der Waals surface area contributed by atoms with Crippen LogP contribution in [0.1, 0.15) is 38.2 Å². The number of hydrogen-bond acceptors (Lipinski definition) is 5. The van der Waals surface area contributed by atoms with E-state index in [1.807, 2.05) is 6.07 Å². The van der Waals surface area contributed by atoms with Crippen LogP contribution in [-0.4, -0.2) is 68.0 Å². The lowest BCUT2D eigenvalue weighted by molar-refractivity contribution is -0.164. The van der Waals surface area contributed by atoms with Gasteiger partial charge in [0, 0.05) is 26.2 Å². The molecule has 2 fully saturated rings. The fourth-order valence-electron chi connectivity index (χ4n) is 4.31. The van der Waals surface area contributed by atoms with Gasteiger partial charge in [0.1, 0.15) is 0 Å². The second kappa shape index (κ2) is 9.92. The summed E-state index contributed by atoms with van der Waals surface area (Å²) >= 11 is 0. The molecule has 3 rings (SSSR count). The van der Waals surface area contributed by atoms with Crippen molar-refractivity contribution >= 4 is 21.9 Å². The number of piperidine rings is 2. The molecule has 2 heterocycles. The van der Waals surface area contributed by atoms with E-state index in [0.717, 1.165) is 19.3 Å². The first-order valence-electron chi connectivity index (χ1n) is 10.7. The molecule has 1 atom stereocenters. The van der Waals surface area contributed by atoms with Crippen LogP contribution in [0, 0.1) is 11.8 Å². The minimum absolute atomic E-state index is 0.143. The molecule has 0 saturated carbocycles. The van der Waals surface area contributed by atoms with E-state index < -0.39 is 22.1 Å². The fraction of sp³-hybridized carbons (Fsp3) is 0.636. The van der Waals surface area contributed by atoms with Crippen LogP contribution in [-0.2, 0) is 30.8 Å². The molecule has 30 heavy (non-hydrogen) atoms. The Labute approximate surface area is 179 Å². The predicted octanol–water partition coefficient (Wildman–Crippen LogP) is 2.07. The highest BCUT2D eigenvalue weighted by atomic mass is 32.2. The lowest BCUT2D eigenvalue weighted by atomic mass is 9.90. The number of nitrogens with zero attached hydrogens (tertiary/aromatic N) is 2. The summed E-state index contributed by atoms with van der Waals surface area (Å²) in [5.74, 6) is -0.331. The van der Waals surface area contributed by atoms with Crippen molar-refractivity contribution in [2.75, 3.05) is 32.4 Å². The third-order valence-electron chi connectivity index (χ3n) is 6.19. The summed E-state index contributed by atoms with van der Waals surface area (Å²) in [6, 6.07) is 10.4. The molecule has 0 aliphatic carbocycles. The number of carbonyl (C=O) groups excluding carboxylic acids is 2. The highest BCUT2D eigenvalue weighted by molar-refractivity contribution is 7.88. The second-order valence-electron chi connectivity index (χ2n) is 8.47. The monoisotopic (exact) mass is 436 g/mol. The van der Waals surface area contributed by atoms with Gasteiger partial charge in [-0.05, 0) is 50.5 Å². The van der Waals surface area contributed by atoms with E-state index in [1.165, 1.54) is 16.1 Å². The van der Waals surface area contributed by atoms with E-state index >= 15 is 0 Å². The van der Waals surface area contributed by atoms with Crippen molar-refractivity contribution in [3.05, 3.63) is 35.9 Å². The van der Waals surface area contributed by atoms with Gasteiger partial charge in [-0.2, -0.15) is 0 Å². The molecule has 1 aromatic carbocycles. The number of ether oxygens (including phenoxy) is 1. The first-order valence-corrected chi connectivity index (χ1v) is 12.6. The summed E-state index contributed by atoms with van der Waals surface area (Å²) < 4.78 is 30.0. The minimum Gasteiger partial charge on any atom is -0.452 e. The topological polar surface area (TPSA) is 84.0 Å². The largest absolute Gasteiger partial charge is 0.452 e. The molecule has 8 heteroatoms. The maximum Gasteiger partial charge on any atom is 0.309 e. The zero-order chi connectivity index (χ0) is 21.7. The van der Waals surface area contributed by atoms with Crippen LogP contribution in [0.3, 0.4) is 0 Å². The third kappa shape index (κ3) is 6.04. The van der Waals surface area contributed by atoms with Crippen molar-refractivity contribution in [1.29, 1.82) is 0 Å².